The lowest BCUT2D eigenvalue weighted by Gasteiger charge is -2.07. The minimum atomic E-state index is -0.410. The van der Waals surface area contributed by atoms with Gasteiger partial charge in [0.1, 0.15) is 23.2 Å². The molecule has 1 rings (SSSR count). The van der Waals surface area contributed by atoms with Crippen LogP contribution in [-0.4, -0.2) is 11.6 Å². The van der Waals surface area contributed by atoms with E-state index in [4.69, 9.17) is 16.2 Å². The maximum absolute atomic E-state index is 12.7. The molecule has 70 valence electrons. The van der Waals surface area contributed by atoms with E-state index in [9.17, 15) is 4.39 Å². The molecule has 4 N–H and O–H groups in total. The second-order valence-corrected chi connectivity index (χ2v) is 2.96. The van der Waals surface area contributed by atoms with Crippen LogP contribution in [0.2, 0.25) is 0 Å². The first kappa shape index (κ1) is 9.73. The largest absolute Gasteiger partial charge is 0.484 e. The predicted molar refractivity (Wildman–Crippen MR) is 53.1 cm³/mol. The molecule has 0 spiro atoms. The summed E-state index contributed by atoms with van der Waals surface area (Å²) in [6.45, 7) is 0.0585. The molecular weight excluding hydrogens is 191 g/mol. The fraction of sp³-hybridized carbons (Fsp3) is 0.125. The molecule has 0 atom stereocenters. The summed E-state index contributed by atoms with van der Waals surface area (Å²) in [5.41, 5.74) is 11.1. The van der Waals surface area contributed by atoms with E-state index in [1.165, 1.54) is 18.2 Å². The van der Waals surface area contributed by atoms with Gasteiger partial charge in [0.15, 0.2) is 0 Å². The van der Waals surface area contributed by atoms with Crippen LogP contribution in [0.3, 0.4) is 0 Å². The first-order valence-electron chi connectivity index (χ1n) is 3.55. The van der Waals surface area contributed by atoms with Gasteiger partial charge in [-0.2, -0.15) is 0 Å². The standard InChI is InChI=1S/C8H9FN2OS/c9-5-1-2-6(10)7(3-5)12-4-8(11)13/h1-3H,4,10H2,(H2,11,13). The molecule has 0 unspecified atom stereocenters. The zero-order chi connectivity index (χ0) is 9.84. The van der Waals surface area contributed by atoms with Crippen LogP contribution in [-0.2, 0) is 0 Å². The number of ether oxygens (including phenoxy) is 1. The highest BCUT2D eigenvalue weighted by atomic mass is 32.1. The molecule has 1 aromatic rings. The molecule has 1 aromatic carbocycles. The average Bonchev–Trinajstić information content (AvgIpc) is 2.06. The number of benzene rings is 1. The van der Waals surface area contributed by atoms with Crippen LogP contribution >= 0.6 is 12.2 Å². The smallest absolute Gasteiger partial charge is 0.145 e. The highest BCUT2D eigenvalue weighted by Crippen LogP contribution is 2.21. The predicted octanol–water partition coefficient (Wildman–Crippen LogP) is 1.07. The molecule has 0 radical (unpaired) electrons. The molecule has 0 amide bonds. The van der Waals surface area contributed by atoms with E-state index in [2.05, 4.69) is 12.2 Å². The van der Waals surface area contributed by atoms with Gasteiger partial charge in [-0.3, -0.25) is 0 Å². The van der Waals surface area contributed by atoms with Crippen molar-refractivity contribution in [2.24, 2.45) is 5.73 Å². The van der Waals surface area contributed by atoms with Crippen LogP contribution in [0, 0.1) is 5.82 Å². The van der Waals surface area contributed by atoms with Crippen molar-refractivity contribution in [3.05, 3.63) is 24.0 Å². The summed E-state index contributed by atoms with van der Waals surface area (Å²) in [5.74, 6) is -0.153. The minimum Gasteiger partial charge on any atom is -0.484 e. The number of nitrogens with two attached hydrogens (primary N) is 2. The van der Waals surface area contributed by atoms with Crippen molar-refractivity contribution in [1.29, 1.82) is 0 Å². The first-order chi connectivity index (χ1) is 6.09. The summed E-state index contributed by atoms with van der Waals surface area (Å²) >= 11 is 4.59. The van der Waals surface area contributed by atoms with Gasteiger partial charge >= 0.3 is 0 Å². The van der Waals surface area contributed by atoms with Crippen molar-refractivity contribution in [3.63, 3.8) is 0 Å². The van der Waals surface area contributed by atoms with Gasteiger partial charge in [-0.25, -0.2) is 4.39 Å². The Labute approximate surface area is 80.5 Å². The normalized spacial score (nSPS) is 9.62. The number of thiocarbonyl (C=S) groups is 1. The van der Waals surface area contributed by atoms with E-state index < -0.39 is 5.82 Å². The van der Waals surface area contributed by atoms with Gasteiger partial charge in [0.05, 0.1) is 5.69 Å². The lowest BCUT2D eigenvalue weighted by atomic mass is 10.3. The number of anilines is 1. The number of hydrogen-bond donors (Lipinski definition) is 2. The lowest BCUT2D eigenvalue weighted by molar-refractivity contribution is 0.377. The zero-order valence-corrected chi connectivity index (χ0v) is 7.60. The summed E-state index contributed by atoms with van der Waals surface area (Å²) < 4.78 is 17.7. The summed E-state index contributed by atoms with van der Waals surface area (Å²) in [7, 11) is 0. The number of rotatable bonds is 3. The molecular formula is C8H9FN2OS. The minimum absolute atomic E-state index is 0.0585. The van der Waals surface area contributed by atoms with E-state index in [1.807, 2.05) is 0 Å². The van der Waals surface area contributed by atoms with E-state index >= 15 is 0 Å². The topological polar surface area (TPSA) is 61.3 Å². The van der Waals surface area contributed by atoms with Gasteiger partial charge in [0.25, 0.3) is 0 Å². The van der Waals surface area contributed by atoms with E-state index in [-0.39, 0.29) is 17.3 Å². The third kappa shape index (κ3) is 2.87. The fourth-order valence-corrected chi connectivity index (χ4v) is 0.841. The fourth-order valence-electron chi connectivity index (χ4n) is 0.782. The van der Waals surface area contributed by atoms with Crippen LogP contribution in [0.4, 0.5) is 10.1 Å². The highest BCUT2D eigenvalue weighted by Gasteiger charge is 2.02. The average molecular weight is 200 g/mol. The van der Waals surface area contributed by atoms with Gasteiger partial charge in [-0.1, -0.05) is 12.2 Å². The Bertz CT molecular complexity index is 330. The summed E-state index contributed by atoms with van der Waals surface area (Å²) in [4.78, 5) is 0.198. The molecule has 0 aromatic heterocycles. The number of halogens is 1. The van der Waals surface area contributed by atoms with Crippen LogP contribution in [0.5, 0.6) is 5.75 Å². The summed E-state index contributed by atoms with van der Waals surface area (Å²) in [6, 6.07) is 3.86. The SMILES string of the molecule is NC(=S)COc1cc(F)ccc1N. The van der Waals surface area contributed by atoms with E-state index in [0.717, 1.165) is 0 Å². The summed E-state index contributed by atoms with van der Waals surface area (Å²) in [5, 5.41) is 0. The van der Waals surface area contributed by atoms with E-state index in [1.54, 1.807) is 0 Å². The number of hydrogen-bond acceptors (Lipinski definition) is 3. The molecule has 0 heterocycles. The van der Waals surface area contributed by atoms with Crippen molar-refractivity contribution < 1.29 is 9.13 Å². The quantitative estimate of drug-likeness (QED) is 0.566. The van der Waals surface area contributed by atoms with Crippen molar-refractivity contribution in [2.45, 2.75) is 0 Å². The van der Waals surface area contributed by atoms with Crippen LogP contribution in [0.15, 0.2) is 18.2 Å². The Kier molecular flexibility index (Phi) is 3.02. The van der Waals surface area contributed by atoms with Gasteiger partial charge in [0, 0.05) is 6.07 Å². The second kappa shape index (κ2) is 4.04. The Hall–Kier alpha value is -1.36. The van der Waals surface area contributed by atoms with Gasteiger partial charge in [0.2, 0.25) is 0 Å². The Morgan fingerprint density at radius 1 is 1.54 bits per heavy atom. The molecule has 0 saturated heterocycles. The van der Waals surface area contributed by atoms with Crippen molar-refractivity contribution in [3.8, 4) is 5.75 Å². The number of nitrogen functional groups attached to an aromatic ring is 1. The third-order valence-corrected chi connectivity index (χ3v) is 1.46. The highest BCUT2D eigenvalue weighted by molar-refractivity contribution is 7.80. The molecule has 0 bridgehead atoms. The molecule has 5 heteroatoms. The van der Waals surface area contributed by atoms with Crippen molar-refractivity contribution >= 4 is 22.9 Å². The molecule has 0 aliphatic carbocycles. The maximum Gasteiger partial charge on any atom is 0.145 e. The Morgan fingerprint density at radius 2 is 2.23 bits per heavy atom. The van der Waals surface area contributed by atoms with Gasteiger partial charge in [-0.05, 0) is 12.1 Å². The van der Waals surface area contributed by atoms with Crippen LogP contribution in [0.25, 0.3) is 0 Å². The maximum atomic E-state index is 12.7. The molecule has 0 fully saturated rings. The molecule has 0 saturated carbocycles. The second-order valence-electron chi connectivity index (χ2n) is 2.44. The monoisotopic (exact) mass is 200 g/mol. The Morgan fingerprint density at radius 3 is 2.85 bits per heavy atom. The van der Waals surface area contributed by atoms with Crippen LogP contribution in [0.1, 0.15) is 0 Å². The Balaban J connectivity index is 2.75. The van der Waals surface area contributed by atoms with Crippen molar-refractivity contribution in [2.75, 3.05) is 12.3 Å². The van der Waals surface area contributed by atoms with Gasteiger partial charge in [-0.15, -0.1) is 0 Å². The summed E-state index contributed by atoms with van der Waals surface area (Å²) in [6.07, 6.45) is 0. The van der Waals surface area contributed by atoms with Crippen molar-refractivity contribution in [1.82, 2.24) is 0 Å². The third-order valence-electron chi connectivity index (χ3n) is 1.35. The first-order valence-corrected chi connectivity index (χ1v) is 3.96. The molecule has 3 nitrogen and oxygen atoms in total. The zero-order valence-electron chi connectivity index (χ0n) is 6.79. The van der Waals surface area contributed by atoms with Crippen LogP contribution < -0.4 is 16.2 Å². The molecule has 0 aliphatic rings. The molecule has 13 heavy (non-hydrogen) atoms. The lowest BCUT2D eigenvalue weighted by Crippen LogP contribution is -2.18. The molecule has 0 aliphatic heterocycles. The van der Waals surface area contributed by atoms with E-state index in [0.29, 0.717) is 5.69 Å². The van der Waals surface area contributed by atoms with Gasteiger partial charge < -0.3 is 16.2 Å².